The van der Waals surface area contributed by atoms with Gasteiger partial charge >= 0.3 is 0 Å². The van der Waals surface area contributed by atoms with Gasteiger partial charge < -0.3 is 5.73 Å². The van der Waals surface area contributed by atoms with Crippen LogP contribution in [0, 0.1) is 6.92 Å². The summed E-state index contributed by atoms with van der Waals surface area (Å²) >= 11 is 0. The van der Waals surface area contributed by atoms with Crippen LogP contribution in [0.3, 0.4) is 0 Å². The maximum Gasteiger partial charge on any atom is 0.0621 e. The molecule has 0 heterocycles. The highest BCUT2D eigenvalue weighted by molar-refractivity contribution is 6.06. The predicted octanol–water partition coefficient (Wildman–Crippen LogP) is 4.22. The number of nitrogens with one attached hydrogen (secondary N) is 1. The minimum Gasteiger partial charge on any atom is -0.300 e. The van der Waals surface area contributed by atoms with Gasteiger partial charge in [-0.2, -0.15) is 0 Å². The second-order valence-corrected chi connectivity index (χ2v) is 4.13. The molecule has 0 aliphatic heterocycles. The van der Waals surface area contributed by atoms with E-state index in [4.69, 9.17) is 5.73 Å². The van der Waals surface area contributed by atoms with Gasteiger partial charge in [0, 0.05) is 5.39 Å². The smallest absolute Gasteiger partial charge is 0.0621 e. The van der Waals surface area contributed by atoms with Crippen LogP contribution in [-0.4, -0.2) is 0 Å². The molecule has 0 saturated carbocycles. The van der Waals surface area contributed by atoms with E-state index in [1.165, 1.54) is 16.3 Å². The van der Waals surface area contributed by atoms with Crippen LogP contribution in [0.4, 0.5) is 5.69 Å². The molecule has 16 heavy (non-hydrogen) atoms. The van der Waals surface area contributed by atoms with Crippen molar-refractivity contribution in [2.24, 2.45) is 0 Å². The molecular weight excluding hydrogens is 194 g/mol. The third-order valence-corrected chi connectivity index (χ3v) is 3.15. The third-order valence-electron chi connectivity index (χ3n) is 3.15. The summed E-state index contributed by atoms with van der Waals surface area (Å²) in [6.07, 6.45) is 0. The van der Waals surface area contributed by atoms with E-state index in [1.807, 2.05) is 18.2 Å². The maximum absolute atomic E-state index is 7.98. The molecule has 0 aliphatic rings. The SMILES string of the molecule is Cc1c2ccccc2cc2cccc([NH])c12. The standard InChI is InChI=1S/C15H12N/c1-10-13-7-3-2-5-11(13)9-12-6-4-8-14(16)15(10)12/h2-9,16H,1H3. The molecule has 0 fully saturated rings. The second-order valence-electron chi connectivity index (χ2n) is 4.13. The van der Waals surface area contributed by atoms with Gasteiger partial charge in [0.25, 0.3) is 0 Å². The Labute approximate surface area is 94.5 Å². The van der Waals surface area contributed by atoms with Crippen molar-refractivity contribution in [3.8, 4) is 0 Å². The van der Waals surface area contributed by atoms with Gasteiger partial charge in [-0.1, -0.05) is 36.4 Å². The van der Waals surface area contributed by atoms with Crippen LogP contribution in [-0.2, 0) is 0 Å². The van der Waals surface area contributed by atoms with E-state index >= 15 is 0 Å². The molecule has 77 valence electrons. The number of fused-ring (bicyclic) bond motifs is 2. The first-order chi connectivity index (χ1) is 7.77. The Morgan fingerprint density at radius 1 is 0.875 bits per heavy atom. The van der Waals surface area contributed by atoms with Crippen LogP contribution in [0.25, 0.3) is 21.5 Å². The van der Waals surface area contributed by atoms with Crippen LogP contribution in [0.15, 0.2) is 48.5 Å². The van der Waals surface area contributed by atoms with Gasteiger partial charge in [-0.3, -0.25) is 0 Å². The topological polar surface area (TPSA) is 23.8 Å². The minimum atomic E-state index is 0.612. The fourth-order valence-corrected chi connectivity index (χ4v) is 2.38. The Bertz CT molecular complexity index is 683. The average Bonchev–Trinajstić information content (AvgIpc) is 2.29. The zero-order chi connectivity index (χ0) is 11.1. The number of hydrogen-bond acceptors (Lipinski definition) is 0. The quantitative estimate of drug-likeness (QED) is 0.492. The summed E-state index contributed by atoms with van der Waals surface area (Å²) < 4.78 is 0. The third kappa shape index (κ3) is 1.18. The van der Waals surface area contributed by atoms with E-state index in [0.717, 1.165) is 10.8 Å². The summed E-state index contributed by atoms with van der Waals surface area (Å²) in [5.41, 5.74) is 9.80. The van der Waals surface area contributed by atoms with Crippen molar-refractivity contribution in [2.45, 2.75) is 6.92 Å². The van der Waals surface area contributed by atoms with Gasteiger partial charge in [0.2, 0.25) is 0 Å². The van der Waals surface area contributed by atoms with Crippen LogP contribution in [0.5, 0.6) is 0 Å². The molecule has 0 bridgehead atoms. The molecule has 0 amide bonds. The zero-order valence-electron chi connectivity index (χ0n) is 9.12. The molecule has 1 radical (unpaired) electrons. The molecule has 0 aliphatic carbocycles. The minimum absolute atomic E-state index is 0.612. The lowest BCUT2D eigenvalue weighted by Crippen LogP contribution is -1.84. The van der Waals surface area contributed by atoms with Crippen LogP contribution in [0.1, 0.15) is 5.56 Å². The van der Waals surface area contributed by atoms with Crippen LogP contribution < -0.4 is 5.73 Å². The molecule has 1 heteroatoms. The van der Waals surface area contributed by atoms with E-state index < -0.39 is 0 Å². The van der Waals surface area contributed by atoms with Crippen molar-refractivity contribution < 1.29 is 0 Å². The molecule has 0 unspecified atom stereocenters. The largest absolute Gasteiger partial charge is 0.300 e. The summed E-state index contributed by atoms with van der Waals surface area (Å²) in [5, 5.41) is 4.72. The lowest BCUT2D eigenvalue weighted by molar-refractivity contribution is 1.49. The summed E-state index contributed by atoms with van der Waals surface area (Å²) in [6.45, 7) is 2.10. The van der Waals surface area contributed by atoms with Gasteiger partial charge in [-0.15, -0.1) is 0 Å². The first-order valence-electron chi connectivity index (χ1n) is 5.40. The zero-order valence-corrected chi connectivity index (χ0v) is 9.12. The number of aryl methyl sites for hydroxylation is 1. The Balaban J connectivity index is 2.62. The molecule has 3 aromatic carbocycles. The Kier molecular flexibility index (Phi) is 1.87. The lowest BCUT2D eigenvalue weighted by Gasteiger charge is -2.08. The van der Waals surface area contributed by atoms with E-state index in [2.05, 4.69) is 37.3 Å². The van der Waals surface area contributed by atoms with Crippen molar-refractivity contribution in [1.29, 1.82) is 0 Å². The summed E-state index contributed by atoms with van der Waals surface area (Å²) in [6, 6.07) is 16.4. The predicted molar refractivity (Wildman–Crippen MR) is 68.9 cm³/mol. The fraction of sp³-hybridized carbons (Fsp3) is 0.0667. The molecular formula is C15H12N. The van der Waals surface area contributed by atoms with E-state index in [9.17, 15) is 0 Å². The molecule has 3 aromatic rings. The summed E-state index contributed by atoms with van der Waals surface area (Å²) in [4.78, 5) is 0. The van der Waals surface area contributed by atoms with Crippen LogP contribution >= 0.6 is 0 Å². The highest BCUT2D eigenvalue weighted by Gasteiger charge is 2.05. The van der Waals surface area contributed by atoms with Gasteiger partial charge in [-0.05, 0) is 40.8 Å². The van der Waals surface area contributed by atoms with Gasteiger partial charge in [-0.25, -0.2) is 0 Å². The van der Waals surface area contributed by atoms with Crippen LogP contribution in [0.2, 0.25) is 0 Å². The van der Waals surface area contributed by atoms with Crippen molar-refractivity contribution in [3.63, 3.8) is 0 Å². The van der Waals surface area contributed by atoms with Gasteiger partial charge in [0.15, 0.2) is 0 Å². The number of hydrogen-bond donors (Lipinski definition) is 0. The molecule has 0 atom stereocenters. The highest BCUT2D eigenvalue weighted by atomic mass is 14.5. The monoisotopic (exact) mass is 206 g/mol. The van der Waals surface area contributed by atoms with E-state index in [-0.39, 0.29) is 0 Å². The number of benzene rings is 3. The van der Waals surface area contributed by atoms with Crippen molar-refractivity contribution in [3.05, 3.63) is 54.1 Å². The second kappa shape index (κ2) is 3.24. The Morgan fingerprint density at radius 2 is 1.62 bits per heavy atom. The highest BCUT2D eigenvalue weighted by Crippen LogP contribution is 2.31. The molecule has 1 nitrogen and oxygen atoms in total. The van der Waals surface area contributed by atoms with Crippen molar-refractivity contribution in [2.75, 3.05) is 0 Å². The lowest BCUT2D eigenvalue weighted by atomic mass is 9.97. The molecule has 0 saturated heterocycles. The molecule has 0 spiro atoms. The molecule has 0 aromatic heterocycles. The first-order valence-corrected chi connectivity index (χ1v) is 5.40. The number of rotatable bonds is 0. The molecule has 1 N–H and O–H groups in total. The van der Waals surface area contributed by atoms with Gasteiger partial charge in [0.05, 0.1) is 5.69 Å². The summed E-state index contributed by atoms with van der Waals surface area (Å²) in [7, 11) is 0. The Hall–Kier alpha value is -2.02. The summed E-state index contributed by atoms with van der Waals surface area (Å²) in [5.74, 6) is 0. The first kappa shape index (κ1) is 9.22. The van der Waals surface area contributed by atoms with E-state index in [1.54, 1.807) is 0 Å². The van der Waals surface area contributed by atoms with E-state index in [0.29, 0.717) is 5.69 Å². The normalized spacial score (nSPS) is 11.1. The van der Waals surface area contributed by atoms with Crippen molar-refractivity contribution >= 4 is 27.2 Å². The average molecular weight is 206 g/mol. The van der Waals surface area contributed by atoms with Gasteiger partial charge in [0.1, 0.15) is 0 Å². The molecule has 3 rings (SSSR count). The fourth-order valence-electron chi connectivity index (χ4n) is 2.38. The van der Waals surface area contributed by atoms with Crippen molar-refractivity contribution in [1.82, 2.24) is 5.73 Å². The maximum atomic E-state index is 7.98. The Morgan fingerprint density at radius 3 is 2.50 bits per heavy atom.